The van der Waals surface area contributed by atoms with Gasteiger partial charge in [-0.25, -0.2) is 0 Å². The number of nitrogens with zero attached hydrogens (tertiary/aromatic N) is 3. The molecule has 0 aromatic heterocycles. The Morgan fingerprint density at radius 1 is 1.24 bits per heavy atom. The molecule has 0 saturated carbocycles. The number of piperidine rings is 1. The van der Waals surface area contributed by atoms with Crippen LogP contribution >= 0.6 is 23.2 Å². The molecule has 0 aliphatic carbocycles. The maximum absolute atomic E-state index is 7.62. The molecule has 6 heteroatoms. The van der Waals surface area contributed by atoms with Gasteiger partial charge in [-0.2, -0.15) is 5.26 Å². The van der Waals surface area contributed by atoms with Gasteiger partial charge in [0.05, 0.1) is 18.3 Å². The smallest absolute Gasteiger partial charge is 0.0710 e. The molecule has 210 valence electrons. The van der Waals surface area contributed by atoms with Gasteiger partial charge in [-0.05, 0) is 82.2 Å². The number of hydrogen-bond donors (Lipinski definition) is 0. The van der Waals surface area contributed by atoms with Crippen LogP contribution in [0.4, 0.5) is 0 Å². The third-order valence-electron chi connectivity index (χ3n) is 7.45. The van der Waals surface area contributed by atoms with E-state index in [1.54, 1.807) is 0 Å². The van der Waals surface area contributed by atoms with Crippen molar-refractivity contribution in [2.24, 2.45) is 11.8 Å². The Labute approximate surface area is 241 Å². The van der Waals surface area contributed by atoms with E-state index in [0.717, 1.165) is 30.5 Å². The zero-order valence-electron chi connectivity index (χ0n) is 23.9. The summed E-state index contributed by atoms with van der Waals surface area (Å²) in [6.45, 7) is 16.9. The van der Waals surface area contributed by atoms with Crippen molar-refractivity contribution in [3.8, 4) is 6.07 Å². The molecule has 4 nitrogen and oxygen atoms in total. The maximum atomic E-state index is 7.62. The van der Waals surface area contributed by atoms with Crippen molar-refractivity contribution in [2.75, 3.05) is 39.8 Å². The molecule has 38 heavy (non-hydrogen) atoms. The second-order valence-corrected chi connectivity index (χ2v) is 11.8. The minimum Gasteiger partial charge on any atom is -0.375 e. The number of allylic oxidation sites excluding steroid dienone is 5. The molecule has 0 bridgehead atoms. The average Bonchev–Trinajstić information content (AvgIpc) is 3.49. The highest BCUT2D eigenvalue weighted by atomic mass is 35.5. The lowest BCUT2D eigenvalue weighted by Crippen LogP contribution is -2.42. The van der Waals surface area contributed by atoms with Crippen LogP contribution in [0.1, 0.15) is 64.9 Å². The van der Waals surface area contributed by atoms with Crippen molar-refractivity contribution < 1.29 is 4.74 Å². The molecule has 3 saturated heterocycles. The van der Waals surface area contributed by atoms with E-state index in [1.807, 2.05) is 44.2 Å². The molecule has 1 aromatic rings. The zero-order valence-corrected chi connectivity index (χ0v) is 25.4. The molecule has 1 spiro atoms. The van der Waals surface area contributed by atoms with Crippen LogP contribution in [0.15, 0.2) is 54.7 Å². The minimum atomic E-state index is 0.185. The summed E-state index contributed by atoms with van der Waals surface area (Å²) in [5.74, 6) is 1.47. The third-order valence-corrected chi connectivity index (χ3v) is 8.03. The topological polar surface area (TPSA) is 39.5 Å². The van der Waals surface area contributed by atoms with E-state index in [4.69, 9.17) is 33.2 Å². The van der Waals surface area contributed by atoms with Gasteiger partial charge in [0.25, 0.3) is 0 Å². The van der Waals surface area contributed by atoms with Gasteiger partial charge in [0.15, 0.2) is 0 Å². The Bertz CT molecular complexity index is 960. The molecule has 2 atom stereocenters. The largest absolute Gasteiger partial charge is 0.375 e. The zero-order chi connectivity index (χ0) is 28.0. The first kappa shape index (κ1) is 32.6. The highest BCUT2D eigenvalue weighted by molar-refractivity contribution is 6.35. The molecule has 4 rings (SSSR count). The monoisotopic (exact) mass is 559 g/mol. The quantitative estimate of drug-likeness (QED) is 0.328. The molecule has 2 unspecified atom stereocenters. The van der Waals surface area contributed by atoms with Crippen LogP contribution < -0.4 is 0 Å². The standard InChI is InChI=1S/C17H27NO.C12H15Cl2N.C3H5N/c1-4-5-6-7-15(2)12-16-13-17(19-14-16)8-10-18(3)11-9-17;1-9-4-5-15(7-9)8-10-2-3-11(13)6-12(10)14;1-2-3-4/h4-7,16H,2,8-14H2,1,3H3;2-3,6,9H,4-5,7-8H2,1H3;2H2,1H3/b5-4-,7-6-;;. The molecule has 3 fully saturated rings. The van der Waals surface area contributed by atoms with E-state index >= 15 is 0 Å². The summed E-state index contributed by atoms with van der Waals surface area (Å²) < 4.78 is 6.16. The first-order valence-electron chi connectivity index (χ1n) is 14.0. The number of halogens is 2. The van der Waals surface area contributed by atoms with E-state index in [-0.39, 0.29) is 5.60 Å². The summed E-state index contributed by atoms with van der Waals surface area (Å²) in [6, 6.07) is 7.67. The molecule has 0 radical (unpaired) electrons. The van der Waals surface area contributed by atoms with Crippen LogP contribution in [0.3, 0.4) is 0 Å². The summed E-state index contributed by atoms with van der Waals surface area (Å²) in [5, 5.41) is 9.11. The van der Waals surface area contributed by atoms with Gasteiger partial charge in [-0.15, -0.1) is 0 Å². The predicted molar refractivity (Wildman–Crippen MR) is 163 cm³/mol. The van der Waals surface area contributed by atoms with Crippen LogP contribution in [0.2, 0.25) is 10.0 Å². The van der Waals surface area contributed by atoms with E-state index in [2.05, 4.69) is 48.6 Å². The number of likely N-dealkylation sites (tertiary alicyclic amines) is 2. The number of hydrogen-bond acceptors (Lipinski definition) is 4. The Morgan fingerprint density at radius 3 is 2.53 bits per heavy atom. The summed E-state index contributed by atoms with van der Waals surface area (Å²) in [6.07, 6.45) is 14.9. The summed E-state index contributed by atoms with van der Waals surface area (Å²) >= 11 is 12.0. The van der Waals surface area contributed by atoms with Crippen molar-refractivity contribution in [2.45, 2.75) is 71.4 Å². The van der Waals surface area contributed by atoms with E-state index in [0.29, 0.717) is 17.4 Å². The van der Waals surface area contributed by atoms with Gasteiger partial charge in [0, 0.05) is 42.6 Å². The van der Waals surface area contributed by atoms with Gasteiger partial charge in [-0.3, -0.25) is 4.90 Å². The van der Waals surface area contributed by atoms with E-state index < -0.39 is 0 Å². The fraction of sp³-hybridized carbons (Fsp3) is 0.594. The van der Waals surface area contributed by atoms with Gasteiger partial charge >= 0.3 is 0 Å². The average molecular weight is 561 g/mol. The highest BCUT2D eigenvalue weighted by Crippen LogP contribution is 2.40. The van der Waals surface area contributed by atoms with Crippen molar-refractivity contribution >= 4 is 23.2 Å². The van der Waals surface area contributed by atoms with Crippen LogP contribution in [0, 0.1) is 23.2 Å². The van der Waals surface area contributed by atoms with Gasteiger partial charge in [-0.1, -0.05) is 79.6 Å². The van der Waals surface area contributed by atoms with Crippen LogP contribution in [0.5, 0.6) is 0 Å². The summed E-state index contributed by atoms with van der Waals surface area (Å²) in [4.78, 5) is 4.85. The number of rotatable bonds is 6. The van der Waals surface area contributed by atoms with Gasteiger partial charge in [0.1, 0.15) is 0 Å². The van der Waals surface area contributed by atoms with E-state index in [1.165, 1.54) is 63.0 Å². The SMILES string of the molecule is C=C(/C=C\C=C/C)CC1COC2(CCN(C)CC2)C1.CC1CCN(Cc2ccc(Cl)cc2Cl)C1.CCC#N. The first-order chi connectivity index (χ1) is 18.2. The summed E-state index contributed by atoms with van der Waals surface area (Å²) in [5.41, 5.74) is 2.58. The van der Waals surface area contributed by atoms with Gasteiger partial charge < -0.3 is 9.64 Å². The van der Waals surface area contributed by atoms with Crippen LogP contribution in [-0.2, 0) is 11.3 Å². The molecule has 3 aliphatic rings. The summed E-state index contributed by atoms with van der Waals surface area (Å²) in [7, 11) is 2.20. The molecule has 0 amide bonds. The molecule has 0 N–H and O–H groups in total. The number of ether oxygens (including phenoxy) is 1. The second-order valence-electron chi connectivity index (χ2n) is 11.0. The maximum Gasteiger partial charge on any atom is 0.0710 e. The Balaban J connectivity index is 0.000000239. The van der Waals surface area contributed by atoms with Gasteiger partial charge in [0.2, 0.25) is 0 Å². The Morgan fingerprint density at radius 2 is 1.95 bits per heavy atom. The van der Waals surface area contributed by atoms with Crippen molar-refractivity contribution in [1.29, 1.82) is 5.26 Å². The molecular weight excluding hydrogens is 513 g/mol. The fourth-order valence-electron chi connectivity index (χ4n) is 5.25. The molecular formula is C32H47Cl2N3O. The number of benzene rings is 1. The van der Waals surface area contributed by atoms with Crippen molar-refractivity contribution in [1.82, 2.24) is 9.80 Å². The molecule has 3 aliphatic heterocycles. The second kappa shape index (κ2) is 17.2. The highest BCUT2D eigenvalue weighted by Gasteiger charge is 2.41. The lowest BCUT2D eigenvalue weighted by atomic mass is 9.84. The predicted octanol–water partition coefficient (Wildman–Crippen LogP) is 8.32. The normalized spacial score (nSPS) is 23.2. The number of nitriles is 1. The van der Waals surface area contributed by atoms with Crippen molar-refractivity contribution in [3.63, 3.8) is 0 Å². The molecule has 3 heterocycles. The Kier molecular flexibility index (Phi) is 14.7. The Hall–Kier alpha value is -1.61. The first-order valence-corrected chi connectivity index (χ1v) is 14.8. The van der Waals surface area contributed by atoms with Crippen LogP contribution in [0.25, 0.3) is 0 Å². The minimum absolute atomic E-state index is 0.185. The van der Waals surface area contributed by atoms with Crippen molar-refractivity contribution in [3.05, 3.63) is 70.3 Å². The fourth-order valence-corrected chi connectivity index (χ4v) is 5.71. The molecule has 1 aromatic carbocycles. The third kappa shape index (κ3) is 11.6. The van der Waals surface area contributed by atoms with Crippen LogP contribution in [-0.4, -0.2) is 55.2 Å². The lowest BCUT2D eigenvalue weighted by Gasteiger charge is -2.37. The van der Waals surface area contributed by atoms with E-state index in [9.17, 15) is 0 Å². The lowest BCUT2D eigenvalue weighted by molar-refractivity contribution is -0.0394.